The van der Waals surface area contributed by atoms with Crippen LogP contribution < -0.4 is 0 Å². The van der Waals surface area contributed by atoms with E-state index >= 15 is 0 Å². The van der Waals surface area contributed by atoms with Crippen molar-refractivity contribution in [3.8, 4) is 6.07 Å². The van der Waals surface area contributed by atoms with Gasteiger partial charge in [0.15, 0.2) is 4.64 Å². The van der Waals surface area contributed by atoms with Crippen LogP contribution in [0.4, 0.5) is 0 Å². The average Bonchev–Trinajstić information content (AvgIpc) is 2.78. The standard InChI is InChI=1S/C18H17N5S/c19-10-14-15-6-7-22(11-13-4-2-1-3-5-13)8-9-23(15)17-16(14)20-12-21-18(17)24/h1-5,12H,6-9,11H2,(H,20,21,24). The molecule has 24 heavy (non-hydrogen) atoms. The molecule has 0 radical (unpaired) electrons. The number of hydrogen-bond donors (Lipinski definition) is 1. The van der Waals surface area contributed by atoms with Gasteiger partial charge in [0.1, 0.15) is 11.6 Å². The fourth-order valence-electron chi connectivity index (χ4n) is 3.49. The Balaban J connectivity index is 1.69. The molecule has 1 aliphatic heterocycles. The number of aromatic nitrogens is 3. The van der Waals surface area contributed by atoms with Crippen LogP contribution in [-0.2, 0) is 19.5 Å². The number of rotatable bonds is 2. The van der Waals surface area contributed by atoms with E-state index in [0.717, 1.165) is 49.3 Å². The predicted octanol–water partition coefficient (Wildman–Crippen LogP) is 3.02. The van der Waals surface area contributed by atoms with E-state index < -0.39 is 0 Å². The van der Waals surface area contributed by atoms with Gasteiger partial charge in [-0.05, 0) is 5.56 Å². The number of H-pyrrole nitrogens is 1. The second kappa shape index (κ2) is 6.19. The number of benzene rings is 1. The van der Waals surface area contributed by atoms with Gasteiger partial charge in [0.2, 0.25) is 0 Å². The summed E-state index contributed by atoms with van der Waals surface area (Å²) in [5.41, 5.74) is 4.80. The summed E-state index contributed by atoms with van der Waals surface area (Å²) >= 11 is 5.40. The molecule has 0 saturated carbocycles. The van der Waals surface area contributed by atoms with Crippen molar-refractivity contribution in [2.24, 2.45) is 0 Å². The van der Waals surface area contributed by atoms with Crippen molar-refractivity contribution in [2.75, 3.05) is 13.1 Å². The maximum Gasteiger partial charge on any atom is 0.153 e. The number of hydrogen-bond acceptors (Lipinski definition) is 4. The highest BCUT2D eigenvalue weighted by atomic mass is 32.1. The summed E-state index contributed by atoms with van der Waals surface area (Å²) in [7, 11) is 0. The fourth-order valence-corrected chi connectivity index (χ4v) is 3.76. The van der Waals surface area contributed by atoms with Gasteiger partial charge in [-0.3, -0.25) is 4.90 Å². The molecule has 0 amide bonds. The van der Waals surface area contributed by atoms with E-state index in [-0.39, 0.29) is 0 Å². The molecule has 0 fully saturated rings. The van der Waals surface area contributed by atoms with Gasteiger partial charge in [-0.25, -0.2) is 4.98 Å². The molecule has 1 aromatic carbocycles. The molecular formula is C18H17N5S. The molecule has 1 N–H and O–H groups in total. The lowest BCUT2D eigenvalue weighted by Gasteiger charge is -2.19. The predicted molar refractivity (Wildman–Crippen MR) is 95.1 cm³/mol. The first kappa shape index (κ1) is 15.1. The highest BCUT2D eigenvalue weighted by Crippen LogP contribution is 2.26. The minimum atomic E-state index is 0.558. The maximum absolute atomic E-state index is 9.61. The molecule has 6 heteroatoms. The quantitative estimate of drug-likeness (QED) is 0.731. The lowest BCUT2D eigenvalue weighted by Crippen LogP contribution is -2.26. The van der Waals surface area contributed by atoms with Gasteiger partial charge in [0.05, 0.1) is 17.4 Å². The Morgan fingerprint density at radius 1 is 1.21 bits per heavy atom. The van der Waals surface area contributed by atoms with Crippen molar-refractivity contribution >= 4 is 23.3 Å². The van der Waals surface area contributed by atoms with Crippen LogP contribution in [0.2, 0.25) is 0 Å². The summed E-state index contributed by atoms with van der Waals surface area (Å²) in [5, 5.41) is 9.61. The van der Waals surface area contributed by atoms with Crippen molar-refractivity contribution in [3.63, 3.8) is 0 Å². The Kier molecular flexibility index (Phi) is 3.89. The SMILES string of the molecule is N#Cc1c2n(c3c(=S)nc[nH]c13)CCN(Cc1ccccc1)CC2. The smallest absolute Gasteiger partial charge is 0.153 e. The summed E-state index contributed by atoms with van der Waals surface area (Å²) in [6, 6.07) is 12.8. The zero-order valence-corrected chi connectivity index (χ0v) is 14.0. The zero-order valence-electron chi connectivity index (χ0n) is 13.2. The molecule has 3 aromatic rings. The highest BCUT2D eigenvalue weighted by Gasteiger charge is 2.22. The second-order valence-electron chi connectivity index (χ2n) is 6.03. The first-order chi connectivity index (χ1) is 11.8. The normalized spacial score (nSPS) is 15.0. The molecular weight excluding hydrogens is 318 g/mol. The van der Waals surface area contributed by atoms with Crippen LogP contribution in [0, 0.1) is 16.0 Å². The number of nitrogens with one attached hydrogen (secondary N) is 1. The van der Waals surface area contributed by atoms with Crippen LogP contribution in [-0.4, -0.2) is 32.5 Å². The minimum absolute atomic E-state index is 0.558. The van der Waals surface area contributed by atoms with Crippen LogP contribution >= 0.6 is 12.2 Å². The number of aromatic amines is 1. The third-order valence-electron chi connectivity index (χ3n) is 4.63. The van der Waals surface area contributed by atoms with Gasteiger partial charge >= 0.3 is 0 Å². The molecule has 0 atom stereocenters. The van der Waals surface area contributed by atoms with Gasteiger partial charge < -0.3 is 9.55 Å². The third kappa shape index (κ3) is 2.52. The zero-order chi connectivity index (χ0) is 16.5. The number of fused-ring (bicyclic) bond motifs is 3. The molecule has 120 valence electrons. The topological polar surface area (TPSA) is 60.6 Å². The average molecular weight is 335 g/mol. The molecule has 2 aromatic heterocycles. The van der Waals surface area contributed by atoms with E-state index in [0.29, 0.717) is 10.2 Å². The number of nitriles is 1. The Bertz CT molecular complexity index is 980. The Morgan fingerprint density at radius 2 is 2.04 bits per heavy atom. The summed E-state index contributed by atoms with van der Waals surface area (Å²) in [4.78, 5) is 9.73. The summed E-state index contributed by atoms with van der Waals surface area (Å²) in [6.07, 6.45) is 2.42. The molecule has 0 unspecified atom stereocenters. The van der Waals surface area contributed by atoms with Crippen molar-refractivity contribution in [1.82, 2.24) is 19.4 Å². The molecule has 4 rings (SSSR count). The lowest BCUT2D eigenvalue weighted by molar-refractivity contribution is 0.272. The molecule has 1 aliphatic rings. The van der Waals surface area contributed by atoms with Gasteiger partial charge in [-0.2, -0.15) is 5.26 Å². The molecule has 0 saturated heterocycles. The van der Waals surface area contributed by atoms with Crippen molar-refractivity contribution in [3.05, 3.63) is 58.1 Å². The van der Waals surface area contributed by atoms with Crippen LogP contribution in [0.1, 0.15) is 16.8 Å². The Hall–Kier alpha value is -2.49. The monoisotopic (exact) mass is 335 g/mol. The van der Waals surface area contributed by atoms with Crippen molar-refractivity contribution in [2.45, 2.75) is 19.5 Å². The van der Waals surface area contributed by atoms with E-state index in [1.165, 1.54) is 5.56 Å². The van der Waals surface area contributed by atoms with Crippen LogP contribution in [0.3, 0.4) is 0 Å². The van der Waals surface area contributed by atoms with Gasteiger partial charge in [0, 0.05) is 38.3 Å². The highest BCUT2D eigenvalue weighted by molar-refractivity contribution is 7.71. The summed E-state index contributed by atoms with van der Waals surface area (Å²) < 4.78 is 2.74. The Labute approximate surface area is 145 Å². The molecule has 0 aliphatic carbocycles. The number of nitrogens with zero attached hydrogens (tertiary/aromatic N) is 4. The van der Waals surface area contributed by atoms with E-state index in [4.69, 9.17) is 12.2 Å². The van der Waals surface area contributed by atoms with Crippen molar-refractivity contribution in [1.29, 1.82) is 5.26 Å². The third-order valence-corrected chi connectivity index (χ3v) is 4.93. The van der Waals surface area contributed by atoms with Gasteiger partial charge in [0.25, 0.3) is 0 Å². The van der Waals surface area contributed by atoms with Crippen LogP contribution in [0.5, 0.6) is 0 Å². The van der Waals surface area contributed by atoms with Crippen LogP contribution in [0.15, 0.2) is 36.7 Å². The van der Waals surface area contributed by atoms with E-state index in [9.17, 15) is 5.26 Å². The second-order valence-corrected chi connectivity index (χ2v) is 6.41. The minimum Gasteiger partial charge on any atom is -0.343 e. The summed E-state index contributed by atoms with van der Waals surface area (Å²) in [5.74, 6) is 0. The fraction of sp³-hybridized carbons (Fsp3) is 0.278. The van der Waals surface area contributed by atoms with E-state index in [1.807, 2.05) is 6.07 Å². The van der Waals surface area contributed by atoms with E-state index in [2.05, 4.69) is 49.8 Å². The van der Waals surface area contributed by atoms with E-state index in [1.54, 1.807) is 6.33 Å². The molecule has 3 heterocycles. The maximum atomic E-state index is 9.61. The largest absolute Gasteiger partial charge is 0.343 e. The lowest BCUT2D eigenvalue weighted by atomic mass is 10.1. The van der Waals surface area contributed by atoms with Gasteiger partial charge in [-0.1, -0.05) is 42.5 Å². The van der Waals surface area contributed by atoms with Crippen LogP contribution in [0.25, 0.3) is 11.0 Å². The molecule has 0 spiro atoms. The van der Waals surface area contributed by atoms with Gasteiger partial charge in [-0.15, -0.1) is 0 Å². The van der Waals surface area contributed by atoms with Crippen molar-refractivity contribution < 1.29 is 0 Å². The first-order valence-electron chi connectivity index (χ1n) is 8.03. The first-order valence-corrected chi connectivity index (χ1v) is 8.44. The molecule has 5 nitrogen and oxygen atoms in total. The molecule has 0 bridgehead atoms. The Morgan fingerprint density at radius 3 is 2.83 bits per heavy atom. The summed E-state index contributed by atoms with van der Waals surface area (Å²) in [6.45, 7) is 3.61.